The van der Waals surface area contributed by atoms with Crippen molar-refractivity contribution in [3.63, 3.8) is 0 Å². The van der Waals surface area contributed by atoms with E-state index >= 15 is 0 Å². The highest BCUT2D eigenvalue weighted by Crippen LogP contribution is 2.30. The molecule has 1 fully saturated rings. The van der Waals surface area contributed by atoms with Crippen LogP contribution >= 0.6 is 0 Å². The Bertz CT molecular complexity index is 400. The van der Waals surface area contributed by atoms with E-state index in [1.807, 2.05) is 6.07 Å². The van der Waals surface area contributed by atoms with Gasteiger partial charge in [0.05, 0.1) is 7.11 Å². The zero-order valence-corrected chi connectivity index (χ0v) is 11.9. The number of methoxy groups -OCH3 is 1. The summed E-state index contributed by atoms with van der Waals surface area (Å²) in [4.78, 5) is 0. The third-order valence-electron chi connectivity index (χ3n) is 4.07. The Morgan fingerprint density at radius 2 is 2.00 bits per heavy atom. The monoisotopic (exact) mass is 265 g/mol. The molecule has 1 aliphatic rings. The number of ether oxygens (including phenoxy) is 1. The minimum atomic E-state index is -0.299. The van der Waals surface area contributed by atoms with Gasteiger partial charge in [-0.05, 0) is 43.7 Å². The van der Waals surface area contributed by atoms with E-state index < -0.39 is 0 Å². The molecular weight excluding hydrogens is 241 g/mol. The zero-order valence-electron chi connectivity index (χ0n) is 11.9. The highest BCUT2D eigenvalue weighted by Gasteiger charge is 2.20. The molecule has 2 rings (SSSR count). The van der Waals surface area contributed by atoms with Crippen molar-refractivity contribution in [2.75, 3.05) is 12.4 Å². The van der Waals surface area contributed by atoms with Crippen LogP contribution in [0.25, 0.3) is 0 Å². The number of benzene rings is 1. The molecule has 106 valence electrons. The Morgan fingerprint density at radius 1 is 1.26 bits per heavy atom. The third kappa shape index (κ3) is 3.85. The van der Waals surface area contributed by atoms with E-state index in [1.165, 1.54) is 51.7 Å². The summed E-state index contributed by atoms with van der Waals surface area (Å²) in [5.74, 6) is 0.903. The summed E-state index contributed by atoms with van der Waals surface area (Å²) in [5.41, 5.74) is 0.859. The maximum Gasteiger partial charge on any atom is 0.167 e. The fourth-order valence-corrected chi connectivity index (χ4v) is 3.00. The number of hydrogen-bond acceptors (Lipinski definition) is 2. The maximum absolute atomic E-state index is 13.6. The quantitative estimate of drug-likeness (QED) is 0.839. The maximum atomic E-state index is 13.6. The topological polar surface area (TPSA) is 21.3 Å². The van der Waals surface area contributed by atoms with Crippen LogP contribution in [-0.4, -0.2) is 13.2 Å². The molecule has 0 saturated heterocycles. The second-order valence-electron chi connectivity index (χ2n) is 5.50. The van der Waals surface area contributed by atoms with Crippen LogP contribution in [-0.2, 0) is 0 Å². The summed E-state index contributed by atoms with van der Waals surface area (Å²) in [5, 5.41) is 3.44. The molecule has 0 aromatic heterocycles. The Morgan fingerprint density at radius 3 is 2.58 bits per heavy atom. The molecule has 1 saturated carbocycles. The molecule has 1 aromatic rings. The van der Waals surface area contributed by atoms with E-state index in [2.05, 4.69) is 12.2 Å². The summed E-state index contributed by atoms with van der Waals surface area (Å²) in [7, 11) is 1.49. The van der Waals surface area contributed by atoms with Crippen LogP contribution in [0.3, 0.4) is 0 Å². The van der Waals surface area contributed by atoms with Crippen molar-refractivity contribution < 1.29 is 9.13 Å². The van der Waals surface area contributed by atoms with Gasteiger partial charge in [-0.3, -0.25) is 0 Å². The highest BCUT2D eigenvalue weighted by molar-refractivity contribution is 5.48. The normalized spacial score (nSPS) is 23.1. The summed E-state index contributed by atoms with van der Waals surface area (Å²) in [6.07, 6.45) is 7.61. The first-order valence-electron chi connectivity index (χ1n) is 7.33. The van der Waals surface area contributed by atoms with Crippen LogP contribution < -0.4 is 10.1 Å². The largest absolute Gasteiger partial charge is 0.494 e. The van der Waals surface area contributed by atoms with Crippen molar-refractivity contribution in [1.82, 2.24) is 0 Å². The van der Waals surface area contributed by atoms with E-state index in [0.29, 0.717) is 11.8 Å². The predicted octanol–water partition coefficient (Wildman–Crippen LogP) is 4.61. The lowest BCUT2D eigenvalue weighted by Gasteiger charge is -2.29. The number of halogens is 1. The predicted molar refractivity (Wildman–Crippen MR) is 77.2 cm³/mol. The molecule has 1 aromatic carbocycles. The van der Waals surface area contributed by atoms with Crippen molar-refractivity contribution in [3.8, 4) is 5.75 Å². The molecule has 1 N–H and O–H groups in total. The minimum absolute atomic E-state index is 0.299. The first-order valence-corrected chi connectivity index (χ1v) is 7.33. The SMILES string of the molecule is CCCC1CCC(Nc2ccc(OC)c(F)c2)CC1. The van der Waals surface area contributed by atoms with E-state index in [1.54, 1.807) is 6.07 Å². The van der Waals surface area contributed by atoms with E-state index in [0.717, 1.165) is 11.6 Å². The van der Waals surface area contributed by atoms with Crippen LogP contribution in [0.2, 0.25) is 0 Å². The van der Waals surface area contributed by atoms with Crippen molar-refractivity contribution in [2.45, 2.75) is 51.5 Å². The lowest BCUT2D eigenvalue weighted by molar-refractivity contribution is 0.319. The van der Waals surface area contributed by atoms with Gasteiger partial charge < -0.3 is 10.1 Å². The summed E-state index contributed by atoms with van der Waals surface area (Å²) < 4.78 is 18.5. The number of rotatable bonds is 5. The lowest BCUT2D eigenvalue weighted by Crippen LogP contribution is -2.26. The Kier molecular flexibility index (Phi) is 5.06. The van der Waals surface area contributed by atoms with Gasteiger partial charge in [0.2, 0.25) is 0 Å². The van der Waals surface area contributed by atoms with Crippen molar-refractivity contribution in [3.05, 3.63) is 24.0 Å². The summed E-state index contributed by atoms with van der Waals surface area (Å²) >= 11 is 0. The fraction of sp³-hybridized carbons (Fsp3) is 0.625. The first kappa shape index (κ1) is 14.2. The van der Waals surface area contributed by atoms with Gasteiger partial charge in [0, 0.05) is 17.8 Å². The number of hydrogen-bond donors (Lipinski definition) is 1. The van der Waals surface area contributed by atoms with Crippen molar-refractivity contribution in [1.29, 1.82) is 0 Å². The summed E-state index contributed by atoms with van der Waals surface area (Å²) in [6, 6.07) is 5.58. The van der Waals surface area contributed by atoms with Crippen LogP contribution in [0.4, 0.5) is 10.1 Å². The fourth-order valence-electron chi connectivity index (χ4n) is 3.00. The average molecular weight is 265 g/mol. The molecule has 3 heteroatoms. The molecule has 2 nitrogen and oxygen atoms in total. The zero-order chi connectivity index (χ0) is 13.7. The highest BCUT2D eigenvalue weighted by atomic mass is 19.1. The first-order chi connectivity index (χ1) is 9.22. The Hall–Kier alpha value is -1.25. The van der Waals surface area contributed by atoms with Gasteiger partial charge in [-0.1, -0.05) is 19.8 Å². The second-order valence-corrected chi connectivity index (χ2v) is 5.50. The molecule has 0 atom stereocenters. The van der Waals surface area contributed by atoms with Gasteiger partial charge in [0.1, 0.15) is 0 Å². The standard InChI is InChI=1S/C16H24FNO/c1-3-4-12-5-7-13(8-6-12)18-14-9-10-16(19-2)15(17)11-14/h9-13,18H,3-8H2,1-2H3. The van der Waals surface area contributed by atoms with Gasteiger partial charge in [0.15, 0.2) is 11.6 Å². The molecule has 0 unspecified atom stereocenters. The van der Waals surface area contributed by atoms with Gasteiger partial charge in [-0.25, -0.2) is 4.39 Å². The molecule has 0 radical (unpaired) electrons. The molecule has 0 spiro atoms. The smallest absolute Gasteiger partial charge is 0.167 e. The minimum Gasteiger partial charge on any atom is -0.494 e. The number of anilines is 1. The van der Waals surface area contributed by atoms with Crippen LogP contribution in [0, 0.1) is 11.7 Å². The van der Waals surface area contributed by atoms with Gasteiger partial charge in [0.25, 0.3) is 0 Å². The lowest BCUT2D eigenvalue weighted by atomic mass is 9.83. The third-order valence-corrected chi connectivity index (χ3v) is 4.07. The summed E-state index contributed by atoms with van der Waals surface area (Å²) in [6.45, 7) is 2.25. The van der Waals surface area contributed by atoms with E-state index in [4.69, 9.17) is 4.74 Å². The van der Waals surface area contributed by atoms with Gasteiger partial charge >= 0.3 is 0 Å². The van der Waals surface area contributed by atoms with Gasteiger partial charge in [-0.2, -0.15) is 0 Å². The molecular formula is C16H24FNO. The Labute approximate surface area is 115 Å². The van der Waals surface area contributed by atoms with Crippen molar-refractivity contribution in [2.24, 2.45) is 5.92 Å². The molecule has 0 heterocycles. The van der Waals surface area contributed by atoms with Crippen LogP contribution in [0.15, 0.2) is 18.2 Å². The molecule has 0 amide bonds. The van der Waals surface area contributed by atoms with Gasteiger partial charge in [-0.15, -0.1) is 0 Å². The van der Waals surface area contributed by atoms with Crippen LogP contribution in [0.1, 0.15) is 45.4 Å². The van der Waals surface area contributed by atoms with Crippen LogP contribution in [0.5, 0.6) is 5.75 Å². The van der Waals surface area contributed by atoms with Crippen molar-refractivity contribution >= 4 is 5.69 Å². The van der Waals surface area contributed by atoms with E-state index in [9.17, 15) is 4.39 Å². The van der Waals surface area contributed by atoms with E-state index in [-0.39, 0.29) is 5.82 Å². The molecule has 0 aliphatic heterocycles. The molecule has 19 heavy (non-hydrogen) atoms. The second kappa shape index (κ2) is 6.78. The molecule has 0 bridgehead atoms. The Balaban J connectivity index is 1.87. The number of nitrogens with one attached hydrogen (secondary N) is 1. The molecule has 1 aliphatic carbocycles. The average Bonchev–Trinajstić information content (AvgIpc) is 2.42.